The van der Waals surface area contributed by atoms with Crippen LogP contribution < -0.4 is 16.3 Å². The number of benzene rings is 1. The number of hydrogen-bond donors (Lipinski definition) is 3. The first-order valence-corrected chi connectivity index (χ1v) is 4.99. The van der Waals surface area contributed by atoms with Crippen LogP contribution in [0.5, 0.6) is 5.75 Å². The number of hydrogen-bond acceptors (Lipinski definition) is 5. The molecule has 0 radical (unpaired) electrons. The molecule has 0 aliphatic carbocycles. The zero-order chi connectivity index (χ0) is 11.5. The van der Waals surface area contributed by atoms with Crippen LogP contribution in [-0.4, -0.2) is 28.0 Å². The molecule has 0 spiro atoms. The van der Waals surface area contributed by atoms with Crippen molar-refractivity contribution in [2.24, 2.45) is 0 Å². The van der Waals surface area contributed by atoms with Gasteiger partial charge in [0, 0.05) is 19.1 Å². The number of nitrogen functional groups attached to an aromatic ring is 2. The molecule has 0 aliphatic heterocycles. The van der Waals surface area contributed by atoms with Crippen LogP contribution in [0.2, 0.25) is 0 Å². The van der Waals surface area contributed by atoms with Gasteiger partial charge in [0.05, 0.1) is 17.6 Å². The molecule has 1 aromatic heterocycles. The van der Waals surface area contributed by atoms with Gasteiger partial charge in [0.25, 0.3) is 0 Å². The number of ether oxygens (including phenoxy) is 1. The van der Waals surface area contributed by atoms with Crippen LogP contribution in [0.1, 0.15) is 6.42 Å². The van der Waals surface area contributed by atoms with Gasteiger partial charge in [-0.05, 0) is 12.1 Å². The molecular weight excluding hydrogens is 208 g/mol. The Kier molecular flexibility index (Phi) is 2.82. The lowest BCUT2D eigenvalue weighted by Gasteiger charge is -2.05. The average Bonchev–Trinajstić information content (AvgIpc) is 2.56. The smallest absolute Gasteiger partial charge is 0.220 e. The van der Waals surface area contributed by atoms with Crippen molar-refractivity contribution in [3.8, 4) is 5.75 Å². The molecule has 1 heterocycles. The maximum Gasteiger partial charge on any atom is 0.220 e. The number of aliphatic hydroxyl groups is 1. The van der Waals surface area contributed by atoms with E-state index in [1.165, 1.54) is 4.68 Å². The fraction of sp³-hybridized carbons (Fsp3) is 0.300. The molecule has 0 bridgehead atoms. The Morgan fingerprint density at radius 1 is 1.44 bits per heavy atom. The summed E-state index contributed by atoms with van der Waals surface area (Å²) in [6.45, 7) is 0.584. The number of fused-ring (bicyclic) bond motifs is 1. The van der Waals surface area contributed by atoms with Gasteiger partial charge in [0.15, 0.2) is 0 Å². The van der Waals surface area contributed by atoms with Crippen LogP contribution in [0.25, 0.3) is 11.0 Å². The molecule has 0 amide bonds. The molecule has 0 unspecified atom stereocenters. The highest BCUT2D eigenvalue weighted by Gasteiger charge is 2.06. The molecule has 0 aliphatic rings. The van der Waals surface area contributed by atoms with E-state index in [9.17, 15) is 0 Å². The lowest BCUT2D eigenvalue weighted by molar-refractivity contribution is 0.233. The van der Waals surface area contributed by atoms with Crippen LogP contribution in [0.15, 0.2) is 18.2 Å². The van der Waals surface area contributed by atoms with Crippen molar-refractivity contribution in [2.45, 2.75) is 6.42 Å². The summed E-state index contributed by atoms with van der Waals surface area (Å²) >= 11 is 0. The normalized spacial score (nSPS) is 10.8. The van der Waals surface area contributed by atoms with Crippen molar-refractivity contribution in [2.75, 3.05) is 24.8 Å². The molecule has 0 fully saturated rings. The van der Waals surface area contributed by atoms with Crippen molar-refractivity contribution in [1.82, 2.24) is 9.66 Å². The summed E-state index contributed by atoms with van der Waals surface area (Å²) in [4.78, 5) is 4.07. The van der Waals surface area contributed by atoms with Crippen molar-refractivity contribution in [1.29, 1.82) is 0 Å². The Morgan fingerprint density at radius 2 is 2.25 bits per heavy atom. The van der Waals surface area contributed by atoms with Gasteiger partial charge < -0.3 is 21.4 Å². The Labute approximate surface area is 92.4 Å². The van der Waals surface area contributed by atoms with Gasteiger partial charge in [-0.3, -0.25) is 0 Å². The largest absolute Gasteiger partial charge is 0.493 e. The maximum atomic E-state index is 8.63. The molecule has 5 N–H and O–H groups in total. The first kappa shape index (κ1) is 10.6. The molecule has 0 saturated carbocycles. The molecule has 1 aromatic carbocycles. The van der Waals surface area contributed by atoms with Crippen LogP contribution >= 0.6 is 0 Å². The molecular formula is C10H14N4O2. The minimum absolute atomic E-state index is 0.115. The monoisotopic (exact) mass is 222 g/mol. The summed E-state index contributed by atoms with van der Waals surface area (Å²) in [5.41, 5.74) is 7.03. The lowest BCUT2D eigenvalue weighted by Crippen LogP contribution is -2.11. The number of nitrogens with two attached hydrogens (primary N) is 2. The first-order valence-electron chi connectivity index (χ1n) is 4.99. The molecule has 86 valence electrons. The topological polar surface area (TPSA) is 99.3 Å². The minimum Gasteiger partial charge on any atom is -0.493 e. The molecule has 2 rings (SSSR count). The standard InChI is InChI=1S/C10H14N4O2/c11-10-13-8-3-2-7(16-5-1-4-15)6-9(8)14(10)12/h2-3,6,15H,1,4-5,12H2,(H2,11,13). The summed E-state index contributed by atoms with van der Waals surface area (Å²) in [7, 11) is 0. The van der Waals surface area contributed by atoms with Gasteiger partial charge in [0.2, 0.25) is 5.95 Å². The number of nitrogens with zero attached hydrogens (tertiary/aromatic N) is 2. The highest BCUT2D eigenvalue weighted by molar-refractivity contribution is 5.79. The average molecular weight is 222 g/mol. The molecule has 16 heavy (non-hydrogen) atoms. The summed E-state index contributed by atoms with van der Waals surface area (Å²) in [5.74, 6) is 6.65. The van der Waals surface area contributed by atoms with Gasteiger partial charge in [-0.25, -0.2) is 9.66 Å². The quantitative estimate of drug-likeness (QED) is 0.503. The van der Waals surface area contributed by atoms with E-state index in [2.05, 4.69) is 4.98 Å². The van der Waals surface area contributed by atoms with Crippen LogP contribution in [0, 0.1) is 0 Å². The predicted molar refractivity (Wildman–Crippen MR) is 61.5 cm³/mol. The third-order valence-electron chi connectivity index (χ3n) is 2.26. The second-order valence-electron chi connectivity index (χ2n) is 3.42. The summed E-state index contributed by atoms with van der Waals surface area (Å²) < 4.78 is 6.74. The van der Waals surface area contributed by atoms with E-state index in [-0.39, 0.29) is 12.6 Å². The minimum atomic E-state index is 0.115. The number of rotatable bonds is 4. The number of imidazole rings is 1. The molecule has 0 atom stereocenters. The van der Waals surface area contributed by atoms with E-state index in [0.717, 1.165) is 11.0 Å². The third-order valence-corrected chi connectivity index (χ3v) is 2.26. The van der Waals surface area contributed by atoms with Gasteiger partial charge in [0.1, 0.15) is 5.75 Å². The highest BCUT2D eigenvalue weighted by Crippen LogP contribution is 2.21. The van der Waals surface area contributed by atoms with E-state index in [1.807, 2.05) is 0 Å². The van der Waals surface area contributed by atoms with E-state index >= 15 is 0 Å². The van der Waals surface area contributed by atoms with Crippen LogP contribution in [-0.2, 0) is 0 Å². The van der Waals surface area contributed by atoms with E-state index in [4.69, 9.17) is 21.4 Å². The lowest BCUT2D eigenvalue weighted by atomic mass is 10.3. The second-order valence-corrected chi connectivity index (χ2v) is 3.42. The SMILES string of the molecule is Nc1nc2ccc(OCCCO)cc2n1N. The number of aliphatic hydroxyl groups excluding tert-OH is 1. The van der Waals surface area contributed by atoms with Gasteiger partial charge in [-0.15, -0.1) is 0 Å². The van der Waals surface area contributed by atoms with Gasteiger partial charge >= 0.3 is 0 Å². The number of anilines is 1. The molecule has 2 aromatic rings. The van der Waals surface area contributed by atoms with Gasteiger partial charge in [-0.1, -0.05) is 0 Å². The van der Waals surface area contributed by atoms with E-state index in [1.54, 1.807) is 18.2 Å². The van der Waals surface area contributed by atoms with Crippen molar-refractivity contribution >= 4 is 17.0 Å². The van der Waals surface area contributed by atoms with Gasteiger partial charge in [-0.2, -0.15) is 0 Å². The Hall–Kier alpha value is -1.95. The Morgan fingerprint density at radius 3 is 3.00 bits per heavy atom. The third kappa shape index (κ3) is 1.87. The fourth-order valence-corrected chi connectivity index (χ4v) is 1.44. The van der Waals surface area contributed by atoms with Crippen LogP contribution in [0.3, 0.4) is 0 Å². The molecule has 6 heteroatoms. The summed E-state index contributed by atoms with van der Waals surface area (Å²) in [5, 5.41) is 8.63. The maximum absolute atomic E-state index is 8.63. The van der Waals surface area contributed by atoms with Crippen molar-refractivity contribution < 1.29 is 9.84 Å². The van der Waals surface area contributed by atoms with E-state index < -0.39 is 0 Å². The fourth-order valence-electron chi connectivity index (χ4n) is 1.44. The van der Waals surface area contributed by atoms with E-state index in [0.29, 0.717) is 18.8 Å². The summed E-state index contributed by atoms with van der Waals surface area (Å²) in [6.07, 6.45) is 0.599. The molecule has 6 nitrogen and oxygen atoms in total. The van der Waals surface area contributed by atoms with Crippen molar-refractivity contribution in [3.05, 3.63) is 18.2 Å². The first-order chi connectivity index (χ1) is 7.72. The zero-order valence-electron chi connectivity index (χ0n) is 8.76. The zero-order valence-corrected chi connectivity index (χ0v) is 8.76. The van der Waals surface area contributed by atoms with Crippen molar-refractivity contribution in [3.63, 3.8) is 0 Å². The predicted octanol–water partition coefficient (Wildman–Crippen LogP) is 0.0935. The molecule has 0 saturated heterocycles. The Balaban J connectivity index is 2.25. The number of aromatic nitrogens is 2. The highest BCUT2D eigenvalue weighted by atomic mass is 16.5. The Bertz CT molecular complexity index is 495. The van der Waals surface area contributed by atoms with Crippen LogP contribution in [0.4, 0.5) is 5.95 Å². The second kappa shape index (κ2) is 4.28. The summed E-state index contributed by atoms with van der Waals surface area (Å²) in [6, 6.07) is 5.37.